The molecule has 17 heavy (non-hydrogen) atoms. The van der Waals surface area contributed by atoms with Crippen LogP contribution >= 0.6 is 0 Å². The van der Waals surface area contributed by atoms with E-state index in [1.54, 1.807) is 19.5 Å². The predicted molar refractivity (Wildman–Crippen MR) is 67.0 cm³/mol. The first-order valence-electron chi connectivity index (χ1n) is 5.79. The molecule has 0 unspecified atom stereocenters. The monoisotopic (exact) mass is 231 g/mol. The maximum Gasteiger partial charge on any atom is 0.138 e. The van der Waals surface area contributed by atoms with Crippen LogP contribution in [0.2, 0.25) is 0 Å². The minimum Gasteiger partial charge on any atom is -0.495 e. The maximum atomic E-state index is 5.10. The number of rotatable bonds is 2. The number of pyridine rings is 1. The lowest BCUT2D eigenvalue weighted by Crippen LogP contribution is -2.43. The highest BCUT2D eigenvalue weighted by atomic mass is 16.5. The van der Waals surface area contributed by atoms with Crippen LogP contribution < -0.4 is 10.1 Å². The zero-order chi connectivity index (χ0) is 11.9. The van der Waals surface area contributed by atoms with Gasteiger partial charge in [-0.25, -0.2) is 0 Å². The first-order chi connectivity index (χ1) is 8.38. The Morgan fingerprint density at radius 1 is 1.41 bits per heavy atom. The van der Waals surface area contributed by atoms with E-state index < -0.39 is 0 Å². The summed E-state index contributed by atoms with van der Waals surface area (Å²) in [6.07, 6.45) is 3.44. The highest BCUT2D eigenvalue weighted by Crippen LogP contribution is 2.08. The molecule has 0 bridgehead atoms. The van der Waals surface area contributed by atoms with Gasteiger partial charge in [-0.3, -0.25) is 9.88 Å². The van der Waals surface area contributed by atoms with Gasteiger partial charge in [0.15, 0.2) is 0 Å². The van der Waals surface area contributed by atoms with E-state index in [0.29, 0.717) is 0 Å². The normalized spacial score (nSPS) is 16.1. The van der Waals surface area contributed by atoms with Crippen LogP contribution in [0.1, 0.15) is 5.56 Å². The molecule has 1 N–H and O–H groups in total. The number of ether oxygens (including phenoxy) is 1. The van der Waals surface area contributed by atoms with Crippen molar-refractivity contribution in [3.63, 3.8) is 0 Å². The number of nitrogens with zero attached hydrogens (tertiary/aromatic N) is 2. The molecule has 1 fully saturated rings. The van der Waals surface area contributed by atoms with Crippen molar-refractivity contribution in [1.29, 1.82) is 0 Å². The lowest BCUT2D eigenvalue weighted by Gasteiger charge is -2.24. The summed E-state index contributed by atoms with van der Waals surface area (Å²) in [5.74, 6) is 7.04. The molecule has 0 spiro atoms. The van der Waals surface area contributed by atoms with E-state index in [1.807, 2.05) is 6.07 Å². The summed E-state index contributed by atoms with van der Waals surface area (Å²) in [5.41, 5.74) is 0.902. The molecule has 0 saturated carbocycles. The smallest absolute Gasteiger partial charge is 0.138 e. The Bertz CT molecular complexity index is 416. The van der Waals surface area contributed by atoms with Crippen molar-refractivity contribution in [3.8, 4) is 17.6 Å². The molecule has 2 rings (SSSR count). The second-order valence-corrected chi connectivity index (χ2v) is 3.94. The molecule has 0 amide bonds. The third-order valence-corrected chi connectivity index (χ3v) is 2.69. The van der Waals surface area contributed by atoms with Gasteiger partial charge in [0.05, 0.1) is 19.9 Å². The zero-order valence-electron chi connectivity index (χ0n) is 10.1. The summed E-state index contributed by atoms with van der Waals surface area (Å²) in [6, 6.07) is 1.90. The average molecular weight is 231 g/mol. The maximum absolute atomic E-state index is 5.10. The van der Waals surface area contributed by atoms with Gasteiger partial charge in [0, 0.05) is 37.9 Å². The molecule has 0 atom stereocenters. The second kappa shape index (κ2) is 6.24. The molecule has 1 aliphatic rings. The largest absolute Gasteiger partial charge is 0.495 e. The van der Waals surface area contributed by atoms with Crippen molar-refractivity contribution < 1.29 is 4.74 Å². The van der Waals surface area contributed by atoms with E-state index in [4.69, 9.17) is 4.74 Å². The van der Waals surface area contributed by atoms with Crippen molar-refractivity contribution in [3.05, 3.63) is 24.0 Å². The molecule has 0 radical (unpaired) electrons. The van der Waals surface area contributed by atoms with Gasteiger partial charge < -0.3 is 10.1 Å². The van der Waals surface area contributed by atoms with Crippen LogP contribution in [0.15, 0.2) is 18.5 Å². The van der Waals surface area contributed by atoms with Crippen LogP contribution in [0.25, 0.3) is 0 Å². The van der Waals surface area contributed by atoms with E-state index in [0.717, 1.165) is 44.0 Å². The fourth-order valence-corrected chi connectivity index (χ4v) is 1.72. The van der Waals surface area contributed by atoms with Gasteiger partial charge >= 0.3 is 0 Å². The molecule has 1 saturated heterocycles. The van der Waals surface area contributed by atoms with Gasteiger partial charge in [0.25, 0.3) is 0 Å². The van der Waals surface area contributed by atoms with Crippen molar-refractivity contribution in [2.24, 2.45) is 0 Å². The Hall–Kier alpha value is -1.57. The van der Waals surface area contributed by atoms with Crippen LogP contribution in [-0.4, -0.2) is 49.7 Å². The number of methoxy groups -OCH3 is 1. The fraction of sp³-hybridized carbons (Fsp3) is 0.462. The van der Waals surface area contributed by atoms with Crippen LogP contribution in [0.4, 0.5) is 0 Å². The van der Waals surface area contributed by atoms with E-state index >= 15 is 0 Å². The number of hydrogen-bond donors (Lipinski definition) is 1. The van der Waals surface area contributed by atoms with Crippen LogP contribution in [0.5, 0.6) is 5.75 Å². The van der Waals surface area contributed by atoms with Crippen molar-refractivity contribution in [1.82, 2.24) is 15.2 Å². The minimum absolute atomic E-state index is 0.749. The molecule has 1 aromatic heterocycles. The molecule has 1 aliphatic heterocycles. The van der Waals surface area contributed by atoms with E-state index in [-0.39, 0.29) is 0 Å². The third-order valence-electron chi connectivity index (χ3n) is 2.69. The predicted octanol–water partition coefficient (Wildman–Crippen LogP) is 0.347. The Balaban J connectivity index is 1.91. The molecular weight excluding hydrogens is 214 g/mol. The number of aromatic nitrogens is 1. The van der Waals surface area contributed by atoms with Gasteiger partial charge in [-0.2, -0.15) is 0 Å². The third kappa shape index (κ3) is 3.74. The summed E-state index contributed by atoms with van der Waals surface area (Å²) >= 11 is 0. The van der Waals surface area contributed by atoms with Gasteiger partial charge in [0.1, 0.15) is 5.75 Å². The SMILES string of the molecule is COc1cncc(C#CCN2CCNCC2)c1. The molecule has 0 aromatic carbocycles. The molecule has 4 heteroatoms. The Labute approximate surface area is 102 Å². The van der Waals surface area contributed by atoms with Crippen LogP contribution in [0, 0.1) is 11.8 Å². The summed E-state index contributed by atoms with van der Waals surface area (Å²) in [7, 11) is 1.63. The lowest BCUT2D eigenvalue weighted by atomic mass is 10.3. The second-order valence-electron chi connectivity index (χ2n) is 3.94. The quantitative estimate of drug-likeness (QED) is 0.745. The van der Waals surface area contributed by atoms with E-state index in [1.165, 1.54) is 0 Å². The summed E-state index contributed by atoms with van der Waals surface area (Å²) in [4.78, 5) is 6.41. The molecule has 4 nitrogen and oxygen atoms in total. The van der Waals surface area contributed by atoms with Gasteiger partial charge in [-0.15, -0.1) is 0 Å². The standard InChI is InChI=1S/C13H17N3O/c1-17-13-9-12(10-15-11-13)3-2-6-16-7-4-14-5-8-16/h9-11,14H,4-8H2,1H3. The number of hydrogen-bond acceptors (Lipinski definition) is 4. The summed E-state index contributed by atoms with van der Waals surface area (Å²) in [6.45, 7) is 5.08. The van der Waals surface area contributed by atoms with E-state index in [9.17, 15) is 0 Å². The summed E-state index contributed by atoms with van der Waals surface area (Å²) in [5, 5.41) is 3.32. The first-order valence-corrected chi connectivity index (χ1v) is 5.79. The lowest BCUT2D eigenvalue weighted by molar-refractivity contribution is 0.268. The number of piperazine rings is 1. The van der Waals surface area contributed by atoms with Gasteiger partial charge in [-0.05, 0) is 6.07 Å². The van der Waals surface area contributed by atoms with Crippen molar-refractivity contribution in [2.75, 3.05) is 39.8 Å². The summed E-state index contributed by atoms with van der Waals surface area (Å²) < 4.78 is 5.10. The number of nitrogens with one attached hydrogen (secondary N) is 1. The molecule has 2 heterocycles. The minimum atomic E-state index is 0.749. The van der Waals surface area contributed by atoms with Crippen molar-refractivity contribution >= 4 is 0 Å². The first kappa shape index (κ1) is 11.9. The highest BCUT2D eigenvalue weighted by Gasteiger charge is 2.06. The fourth-order valence-electron chi connectivity index (χ4n) is 1.72. The van der Waals surface area contributed by atoms with Crippen molar-refractivity contribution in [2.45, 2.75) is 0 Å². The molecule has 1 aromatic rings. The Kier molecular flexibility index (Phi) is 4.37. The van der Waals surface area contributed by atoms with Crippen LogP contribution in [0.3, 0.4) is 0 Å². The van der Waals surface area contributed by atoms with Gasteiger partial charge in [-0.1, -0.05) is 11.8 Å². The molecular formula is C13H17N3O. The Morgan fingerprint density at radius 2 is 2.24 bits per heavy atom. The van der Waals surface area contributed by atoms with Crippen LogP contribution in [-0.2, 0) is 0 Å². The molecule has 90 valence electrons. The van der Waals surface area contributed by atoms with Gasteiger partial charge in [0.2, 0.25) is 0 Å². The van der Waals surface area contributed by atoms with E-state index in [2.05, 4.69) is 27.0 Å². The average Bonchev–Trinajstić information content (AvgIpc) is 2.40. The Morgan fingerprint density at radius 3 is 3.00 bits per heavy atom. The molecule has 0 aliphatic carbocycles. The topological polar surface area (TPSA) is 37.4 Å². The zero-order valence-corrected chi connectivity index (χ0v) is 10.1. The highest BCUT2D eigenvalue weighted by molar-refractivity contribution is 5.36.